The van der Waals surface area contributed by atoms with Crippen molar-refractivity contribution in [3.05, 3.63) is 5.32 Å². The van der Waals surface area contributed by atoms with Crippen molar-refractivity contribution < 1.29 is 21.7 Å². The van der Waals surface area contributed by atoms with Crippen LogP contribution in [0.4, 0.5) is 0 Å². The summed E-state index contributed by atoms with van der Waals surface area (Å²) in [5, 5.41) is 14.9. The fraction of sp³-hybridized carbons (Fsp3) is 1.00. The van der Waals surface area contributed by atoms with Crippen molar-refractivity contribution in [1.82, 2.24) is 16.0 Å². The molecule has 1 saturated heterocycles. The summed E-state index contributed by atoms with van der Waals surface area (Å²) < 4.78 is 0. The molecule has 17 heavy (non-hydrogen) atoms. The van der Waals surface area contributed by atoms with E-state index in [2.05, 4.69) is 21.3 Å². The molecule has 0 aromatic carbocycles. The summed E-state index contributed by atoms with van der Waals surface area (Å²) in [6.45, 7) is 8.80. The Balaban J connectivity index is 0.00000256. The third-order valence-corrected chi connectivity index (χ3v) is 2.75. The summed E-state index contributed by atoms with van der Waals surface area (Å²) in [7, 11) is 0. The Bertz CT molecular complexity index is 82.5. The Hall–Kier alpha value is 0.554. The molecule has 0 bridgehead atoms. The molecule has 0 aromatic rings. The number of hydrogen-bond donors (Lipinski definition) is 3. The van der Waals surface area contributed by atoms with Crippen LogP contribution in [0.15, 0.2) is 0 Å². The Morgan fingerprint density at radius 1 is 0.529 bits per heavy atom. The second-order valence-electron chi connectivity index (χ2n) is 4.34. The SMILES string of the molecule is C1C[N-]CCCNCCCNCCCNC1.[Ti+2]. The standard InChI is InChI=1S/C12H27N4.Ti/c1-5-13-7-2-9-15-11-4-12-16-10-3-8-14-6-1;/h13-15H,1-12H2;/q-1;+2. The fourth-order valence-corrected chi connectivity index (χ4v) is 1.80. The Labute approximate surface area is 121 Å². The summed E-state index contributed by atoms with van der Waals surface area (Å²) >= 11 is 0. The molecular formula is C12H27N4Ti+. The van der Waals surface area contributed by atoms with Crippen LogP contribution in [-0.2, 0) is 21.7 Å². The van der Waals surface area contributed by atoms with Crippen LogP contribution in [0.3, 0.4) is 0 Å². The van der Waals surface area contributed by atoms with Gasteiger partial charge in [-0.1, -0.05) is 12.8 Å². The van der Waals surface area contributed by atoms with E-state index >= 15 is 0 Å². The van der Waals surface area contributed by atoms with Gasteiger partial charge in [0.05, 0.1) is 0 Å². The average Bonchev–Trinajstić information content (AvgIpc) is 2.29. The maximum absolute atomic E-state index is 4.51. The van der Waals surface area contributed by atoms with Crippen LogP contribution in [0.5, 0.6) is 0 Å². The smallest absolute Gasteiger partial charge is 0.662 e. The number of nitrogens with zero attached hydrogens (tertiary/aromatic N) is 1. The molecule has 1 heterocycles. The van der Waals surface area contributed by atoms with Crippen molar-refractivity contribution in [2.45, 2.75) is 25.7 Å². The van der Waals surface area contributed by atoms with E-state index in [1.807, 2.05) is 0 Å². The molecule has 3 N–H and O–H groups in total. The normalized spacial score (nSPS) is 22.6. The summed E-state index contributed by atoms with van der Waals surface area (Å²) in [5.74, 6) is 0. The van der Waals surface area contributed by atoms with Gasteiger partial charge < -0.3 is 21.3 Å². The minimum absolute atomic E-state index is 0. The topological polar surface area (TPSA) is 50.2 Å². The third-order valence-electron chi connectivity index (χ3n) is 2.75. The minimum Gasteiger partial charge on any atom is -0.662 e. The van der Waals surface area contributed by atoms with Crippen molar-refractivity contribution in [3.63, 3.8) is 0 Å². The van der Waals surface area contributed by atoms with Gasteiger partial charge in [0.1, 0.15) is 0 Å². The summed E-state index contributed by atoms with van der Waals surface area (Å²) in [6.07, 6.45) is 4.82. The van der Waals surface area contributed by atoms with Crippen molar-refractivity contribution in [2.24, 2.45) is 0 Å². The van der Waals surface area contributed by atoms with E-state index < -0.39 is 0 Å². The predicted octanol–water partition coefficient (Wildman–Crippen LogP) is 0.700. The van der Waals surface area contributed by atoms with Crippen LogP contribution in [0.2, 0.25) is 0 Å². The summed E-state index contributed by atoms with van der Waals surface area (Å²) in [5.41, 5.74) is 0. The first-order chi connectivity index (χ1) is 8.00. The monoisotopic (exact) mass is 275 g/mol. The zero-order chi connectivity index (χ0) is 11.3. The van der Waals surface area contributed by atoms with E-state index in [4.69, 9.17) is 0 Å². The second kappa shape index (κ2) is 14.6. The van der Waals surface area contributed by atoms with Crippen LogP contribution >= 0.6 is 0 Å². The molecule has 0 saturated carbocycles. The average molecular weight is 275 g/mol. The van der Waals surface area contributed by atoms with Gasteiger partial charge in [-0.25, -0.2) is 0 Å². The van der Waals surface area contributed by atoms with E-state index in [0.29, 0.717) is 0 Å². The molecule has 0 spiro atoms. The second-order valence-corrected chi connectivity index (χ2v) is 4.34. The maximum Gasteiger partial charge on any atom is 2.00 e. The quantitative estimate of drug-likeness (QED) is 0.570. The number of nitrogens with one attached hydrogen (secondary N) is 3. The van der Waals surface area contributed by atoms with Gasteiger partial charge in [0.15, 0.2) is 0 Å². The van der Waals surface area contributed by atoms with Crippen LogP contribution in [0.1, 0.15) is 25.7 Å². The van der Waals surface area contributed by atoms with Crippen LogP contribution < -0.4 is 16.0 Å². The van der Waals surface area contributed by atoms with Crippen molar-refractivity contribution >= 4 is 0 Å². The molecule has 0 aromatic heterocycles. The Kier molecular flexibility index (Phi) is 15.1. The van der Waals surface area contributed by atoms with E-state index in [-0.39, 0.29) is 21.7 Å². The van der Waals surface area contributed by atoms with E-state index in [0.717, 1.165) is 52.4 Å². The first kappa shape index (κ1) is 17.6. The Morgan fingerprint density at radius 3 is 1.29 bits per heavy atom. The number of hydrogen-bond acceptors (Lipinski definition) is 3. The Morgan fingerprint density at radius 2 is 0.882 bits per heavy atom. The van der Waals surface area contributed by atoms with E-state index in [1.165, 1.54) is 25.7 Å². The van der Waals surface area contributed by atoms with Gasteiger partial charge >= 0.3 is 21.7 Å². The van der Waals surface area contributed by atoms with Crippen molar-refractivity contribution in [3.8, 4) is 0 Å². The van der Waals surface area contributed by atoms with Gasteiger partial charge in [0.2, 0.25) is 0 Å². The molecule has 5 heteroatoms. The first-order valence-corrected chi connectivity index (χ1v) is 6.75. The summed E-state index contributed by atoms with van der Waals surface area (Å²) in [6, 6.07) is 0. The van der Waals surface area contributed by atoms with Crippen molar-refractivity contribution in [2.75, 3.05) is 52.4 Å². The molecule has 98 valence electrons. The van der Waals surface area contributed by atoms with Crippen LogP contribution in [-0.4, -0.2) is 52.4 Å². The molecule has 4 nitrogen and oxygen atoms in total. The zero-order valence-electron chi connectivity index (χ0n) is 10.9. The molecular weight excluding hydrogens is 248 g/mol. The van der Waals surface area contributed by atoms with Gasteiger partial charge in [-0.15, -0.1) is 13.1 Å². The first-order valence-electron chi connectivity index (χ1n) is 6.75. The van der Waals surface area contributed by atoms with Gasteiger partial charge in [0.25, 0.3) is 0 Å². The molecule has 1 rings (SSSR count). The maximum atomic E-state index is 4.51. The van der Waals surface area contributed by atoms with Gasteiger partial charge in [-0.3, -0.25) is 0 Å². The van der Waals surface area contributed by atoms with Crippen LogP contribution in [0.25, 0.3) is 5.32 Å². The third kappa shape index (κ3) is 12.8. The predicted molar refractivity (Wildman–Crippen MR) is 70.2 cm³/mol. The zero-order valence-corrected chi connectivity index (χ0v) is 12.5. The van der Waals surface area contributed by atoms with E-state index in [1.54, 1.807) is 0 Å². The molecule has 0 atom stereocenters. The fourth-order valence-electron chi connectivity index (χ4n) is 1.80. The van der Waals surface area contributed by atoms with Crippen molar-refractivity contribution in [1.29, 1.82) is 0 Å². The summed E-state index contributed by atoms with van der Waals surface area (Å²) in [4.78, 5) is 0. The molecule has 0 radical (unpaired) electrons. The number of rotatable bonds is 0. The molecule has 0 aliphatic carbocycles. The minimum atomic E-state index is 0. The molecule has 0 unspecified atom stereocenters. The molecule has 0 amide bonds. The van der Waals surface area contributed by atoms with Gasteiger partial charge in [-0.2, -0.15) is 0 Å². The van der Waals surface area contributed by atoms with E-state index in [9.17, 15) is 0 Å². The van der Waals surface area contributed by atoms with Gasteiger partial charge in [0, 0.05) is 0 Å². The molecule has 1 aliphatic heterocycles. The molecule has 1 aliphatic rings. The molecule has 1 fully saturated rings. The van der Waals surface area contributed by atoms with Crippen LogP contribution in [0, 0.1) is 0 Å². The largest absolute Gasteiger partial charge is 2.00 e. The van der Waals surface area contributed by atoms with Gasteiger partial charge in [-0.05, 0) is 52.1 Å².